The van der Waals surface area contributed by atoms with Crippen molar-refractivity contribution in [2.75, 3.05) is 14.2 Å². The number of amidine groups is 1. The highest BCUT2D eigenvalue weighted by Crippen LogP contribution is 2.27. The summed E-state index contributed by atoms with van der Waals surface area (Å²) < 4.78 is 10.8. The van der Waals surface area contributed by atoms with Crippen LogP contribution in [0.25, 0.3) is 10.9 Å². The highest BCUT2D eigenvalue weighted by molar-refractivity contribution is 6.01. The second kappa shape index (κ2) is 9.54. The smallest absolute Gasteiger partial charge is 0.173 e. The predicted molar refractivity (Wildman–Crippen MR) is 125 cm³/mol. The maximum atomic E-state index is 5.45. The average molecular weight is 410 g/mol. The Morgan fingerprint density at radius 2 is 1.52 bits per heavy atom. The number of nitrogens with one attached hydrogen (secondary N) is 1. The van der Waals surface area contributed by atoms with Gasteiger partial charge < -0.3 is 9.47 Å². The first-order valence-electron chi connectivity index (χ1n) is 9.78. The van der Waals surface area contributed by atoms with E-state index in [1.54, 1.807) is 20.4 Å². The molecule has 6 heteroatoms. The van der Waals surface area contributed by atoms with Crippen molar-refractivity contribution in [1.82, 2.24) is 10.4 Å². The normalized spacial score (nSPS) is 11.6. The number of methoxy groups -OCH3 is 2. The summed E-state index contributed by atoms with van der Waals surface area (Å²) in [7, 11) is 3.25. The van der Waals surface area contributed by atoms with Gasteiger partial charge in [-0.3, -0.25) is 5.43 Å². The minimum absolute atomic E-state index is 0.501. The molecule has 0 aliphatic rings. The molecule has 0 atom stereocenters. The number of hydrogen-bond acceptors (Lipinski definition) is 5. The first-order chi connectivity index (χ1) is 15.3. The van der Waals surface area contributed by atoms with Gasteiger partial charge in [0.2, 0.25) is 0 Å². The van der Waals surface area contributed by atoms with Gasteiger partial charge in [0.1, 0.15) is 22.9 Å². The number of rotatable bonds is 6. The quantitative estimate of drug-likeness (QED) is 0.277. The molecule has 0 aliphatic heterocycles. The molecule has 1 aromatic heterocycles. The van der Waals surface area contributed by atoms with E-state index in [9.17, 15) is 0 Å². The van der Waals surface area contributed by atoms with E-state index in [-0.39, 0.29) is 0 Å². The zero-order chi connectivity index (χ0) is 21.5. The Kier molecular flexibility index (Phi) is 6.18. The van der Waals surface area contributed by atoms with Gasteiger partial charge in [-0.15, -0.1) is 0 Å². The minimum atomic E-state index is 0.501. The lowest BCUT2D eigenvalue weighted by molar-refractivity contribution is 0.414. The number of para-hydroxylation sites is 4. The SMILES string of the molecule is COc1ccccc1/C=N/NC(=Nc1ccccc1OC)c1ccc2ccccc2n1. The fourth-order valence-electron chi connectivity index (χ4n) is 3.12. The summed E-state index contributed by atoms with van der Waals surface area (Å²) in [5.41, 5.74) is 6.12. The molecule has 0 amide bonds. The molecule has 4 aromatic rings. The van der Waals surface area contributed by atoms with Crippen LogP contribution in [-0.2, 0) is 0 Å². The Bertz CT molecular complexity index is 1250. The molecule has 1 N–H and O–H groups in total. The molecular weight excluding hydrogens is 388 g/mol. The molecule has 3 aromatic carbocycles. The molecule has 154 valence electrons. The Morgan fingerprint density at radius 1 is 0.806 bits per heavy atom. The van der Waals surface area contributed by atoms with Crippen LogP contribution in [0.4, 0.5) is 5.69 Å². The second-order valence-electron chi connectivity index (χ2n) is 6.63. The summed E-state index contributed by atoms with van der Waals surface area (Å²) in [6.07, 6.45) is 1.69. The number of hydrazone groups is 1. The van der Waals surface area contributed by atoms with E-state index in [2.05, 4.69) is 10.5 Å². The number of fused-ring (bicyclic) bond motifs is 1. The van der Waals surface area contributed by atoms with Gasteiger partial charge >= 0.3 is 0 Å². The van der Waals surface area contributed by atoms with Gasteiger partial charge in [0.25, 0.3) is 0 Å². The molecule has 4 rings (SSSR count). The van der Waals surface area contributed by atoms with E-state index < -0.39 is 0 Å². The summed E-state index contributed by atoms with van der Waals surface area (Å²) in [6, 6.07) is 27.1. The first-order valence-corrected chi connectivity index (χ1v) is 9.78. The van der Waals surface area contributed by atoms with Gasteiger partial charge in [0.05, 0.1) is 26.0 Å². The molecule has 6 nitrogen and oxygen atoms in total. The monoisotopic (exact) mass is 410 g/mol. The second-order valence-corrected chi connectivity index (χ2v) is 6.63. The Morgan fingerprint density at radius 3 is 2.35 bits per heavy atom. The highest BCUT2D eigenvalue weighted by Gasteiger charge is 2.09. The number of nitrogens with zero attached hydrogens (tertiary/aromatic N) is 3. The summed E-state index contributed by atoms with van der Waals surface area (Å²) in [4.78, 5) is 9.51. The van der Waals surface area contributed by atoms with E-state index in [1.165, 1.54) is 0 Å². The number of benzene rings is 3. The number of ether oxygens (including phenoxy) is 2. The molecule has 0 fully saturated rings. The van der Waals surface area contributed by atoms with Crippen molar-refractivity contribution in [3.8, 4) is 11.5 Å². The maximum absolute atomic E-state index is 5.45. The lowest BCUT2D eigenvalue weighted by atomic mass is 10.2. The Hall–Kier alpha value is -4.19. The van der Waals surface area contributed by atoms with Crippen molar-refractivity contribution in [2.24, 2.45) is 10.1 Å². The molecule has 31 heavy (non-hydrogen) atoms. The fraction of sp³-hybridized carbons (Fsp3) is 0.0800. The highest BCUT2D eigenvalue weighted by atomic mass is 16.5. The molecule has 0 bridgehead atoms. The van der Waals surface area contributed by atoms with E-state index in [0.717, 1.165) is 22.2 Å². The van der Waals surface area contributed by atoms with Crippen LogP contribution in [0.5, 0.6) is 11.5 Å². The third-order valence-corrected chi connectivity index (χ3v) is 4.67. The average Bonchev–Trinajstić information content (AvgIpc) is 2.83. The van der Waals surface area contributed by atoms with Crippen molar-refractivity contribution in [1.29, 1.82) is 0 Å². The van der Waals surface area contributed by atoms with Crippen molar-refractivity contribution < 1.29 is 9.47 Å². The molecule has 0 saturated heterocycles. The Labute approximate surface area is 180 Å². The molecule has 0 radical (unpaired) electrons. The van der Waals surface area contributed by atoms with E-state index in [0.29, 0.717) is 23.0 Å². The lowest BCUT2D eigenvalue weighted by Crippen LogP contribution is -2.20. The lowest BCUT2D eigenvalue weighted by Gasteiger charge is -2.09. The molecule has 0 aliphatic carbocycles. The Balaban J connectivity index is 1.73. The van der Waals surface area contributed by atoms with E-state index >= 15 is 0 Å². The van der Waals surface area contributed by atoms with Crippen molar-refractivity contribution in [3.63, 3.8) is 0 Å². The summed E-state index contributed by atoms with van der Waals surface area (Å²) >= 11 is 0. The molecule has 0 unspecified atom stereocenters. The molecule has 1 heterocycles. The zero-order valence-corrected chi connectivity index (χ0v) is 17.3. The van der Waals surface area contributed by atoms with Crippen LogP contribution in [0, 0.1) is 0 Å². The van der Waals surface area contributed by atoms with Gasteiger partial charge in [0.15, 0.2) is 5.84 Å². The van der Waals surface area contributed by atoms with Crippen LogP contribution in [0.3, 0.4) is 0 Å². The number of pyridine rings is 1. The standard InChI is InChI=1S/C25H22N4O2/c1-30-23-13-7-4-10-19(23)17-26-29-25(28-21-12-6-8-14-24(21)31-2)22-16-15-18-9-3-5-11-20(18)27-22/h3-17H,1-2H3,(H,28,29)/b26-17+. The number of hydrogen-bond donors (Lipinski definition) is 1. The zero-order valence-electron chi connectivity index (χ0n) is 17.3. The van der Waals surface area contributed by atoms with Gasteiger partial charge in [-0.25, -0.2) is 9.98 Å². The van der Waals surface area contributed by atoms with Crippen LogP contribution in [-0.4, -0.2) is 31.3 Å². The topological polar surface area (TPSA) is 68.1 Å². The van der Waals surface area contributed by atoms with Crippen molar-refractivity contribution in [3.05, 3.63) is 96.2 Å². The van der Waals surface area contributed by atoms with Crippen molar-refractivity contribution >= 4 is 28.6 Å². The molecular formula is C25H22N4O2. The van der Waals surface area contributed by atoms with Crippen LogP contribution >= 0.6 is 0 Å². The third-order valence-electron chi connectivity index (χ3n) is 4.67. The maximum Gasteiger partial charge on any atom is 0.173 e. The number of aliphatic imine (C=N–C) groups is 1. The van der Waals surface area contributed by atoms with Gasteiger partial charge in [-0.2, -0.15) is 5.10 Å². The van der Waals surface area contributed by atoms with Gasteiger partial charge in [0, 0.05) is 10.9 Å². The van der Waals surface area contributed by atoms with E-state index in [4.69, 9.17) is 19.5 Å². The van der Waals surface area contributed by atoms with Crippen LogP contribution in [0.15, 0.2) is 95.0 Å². The third kappa shape index (κ3) is 4.70. The van der Waals surface area contributed by atoms with Crippen LogP contribution < -0.4 is 14.9 Å². The summed E-state index contributed by atoms with van der Waals surface area (Å²) in [5.74, 6) is 1.90. The minimum Gasteiger partial charge on any atom is -0.496 e. The van der Waals surface area contributed by atoms with Crippen LogP contribution in [0.1, 0.15) is 11.3 Å². The fourth-order valence-corrected chi connectivity index (χ4v) is 3.12. The largest absolute Gasteiger partial charge is 0.496 e. The summed E-state index contributed by atoms with van der Waals surface area (Å²) in [6.45, 7) is 0. The first kappa shape index (κ1) is 20.1. The molecule has 0 spiro atoms. The molecule has 0 saturated carbocycles. The van der Waals surface area contributed by atoms with Crippen LogP contribution in [0.2, 0.25) is 0 Å². The van der Waals surface area contributed by atoms with E-state index in [1.807, 2.05) is 84.9 Å². The predicted octanol–water partition coefficient (Wildman–Crippen LogP) is 4.95. The number of aromatic nitrogens is 1. The van der Waals surface area contributed by atoms with Gasteiger partial charge in [-0.1, -0.05) is 48.5 Å². The summed E-state index contributed by atoms with van der Waals surface area (Å²) in [5, 5.41) is 5.45. The van der Waals surface area contributed by atoms with Crippen molar-refractivity contribution in [2.45, 2.75) is 0 Å². The van der Waals surface area contributed by atoms with Gasteiger partial charge in [-0.05, 0) is 36.4 Å².